The van der Waals surface area contributed by atoms with Crippen LogP contribution in [0.4, 0.5) is 5.69 Å². The standard InChI is InChI=1S/C20H20N2O3S/c1-25-13-12-22-19(23)17(14-6-4-3-5-7-14)18(20(22)24)21-15-8-10-16(26-2)11-9-15/h3-11,21H,12-13H2,1-2H3. The smallest absolute Gasteiger partial charge is 0.278 e. The van der Waals surface area contributed by atoms with Gasteiger partial charge in [0.1, 0.15) is 5.70 Å². The van der Waals surface area contributed by atoms with Crippen LogP contribution < -0.4 is 5.32 Å². The van der Waals surface area contributed by atoms with Crippen LogP contribution >= 0.6 is 11.8 Å². The molecule has 2 aromatic carbocycles. The largest absolute Gasteiger partial charge is 0.383 e. The van der Waals surface area contributed by atoms with Crippen molar-refractivity contribution >= 4 is 34.8 Å². The van der Waals surface area contributed by atoms with E-state index in [0.29, 0.717) is 23.4 Å². The van der Waals surface area contributed by atoms with Gasteiger partial charge < -0.3 is 10.1 Å². The summed E-state index contributed by atoms with van der Waals surface area (Å²) in [4.78, 5) is 28.1. The normalized spacial score (nSPS) is 14.3. The molecule has 1 heterocycles. The van der Waals surface area contributed by atoms with Crippen molar-refractivity contribution in [3.05, 3.63) is 65.9 Å². The Kier molecular flexibility index (Phi) is 5.75. The molecule has 0 unspecified atom stereocenters. The Bertz CT molecular complexity index is 832. The zero-order valence-electron chi connectivity index (χ0n) is 14.7. The van der Waals surface area contributed by atoms with E-state index in [2.05, 4.69) is 5.32 Å². The summed E-state index contributed by atoms with van der Waals surface area (Å²) >= 11 is 1.65. The molecule has 1 aliphatic rings. The lowest BCUT2D eigenvalue weighted by molar-refractivity contribution is -0.137. The summed E-state index contributed by atoms with van der Waals surface area (Å²) in [5.74, 6) is -0.638. The number of amides is 2. The van der Waals surface area contributed by atoms with Gasteiger partial charge in [-0.2, -0.15) is 0 Å². The second kappa shape index (κ2) is 8.21. The highest BCUT2D eigenvalue weighted by Gasteiger charge is 2.38. The Morgan fingerprint density at radius 1 is 1.00 bits per heavy atom. The number of carbonyl (C=O) groups is 2. The molecule has 3 rings (SSSR count). The SMILES string of the molecule is COCCN1C(=O)C(Nc2ccc(SC)cc2)=C(c2ccccc2)C1=O. The minimum Gasteiger partial charge on any atom is -0.383 e. The molecule has 1 N–H and O–H groups in total. The first kappa shape index (κ1) is 18.2. The number of hydrogen-bond acceptors (Lipinski definition) is 5. The van der Waals surface area contributed by atoms with E-state index in [4.69, 9.17) is 4.74 Å². The first-order chi connectivity index (χ1) is 12.7. The highest BCUT2D eigenvalue weighted by Crippen LogP contribution is 2.30. The summed E-state index contributed by atoms with van der Waals surface area (Å²) < 4.78 is 5.03. The third-order valence-electron chi connectivity index (χ3n) is 4.11. The average Bonchev–Trinajstić information content (AvgIpc) is 2.91. The molecule has 0 radical (unpaired) electrons. The second-order valence-corrected chi connectivity index (χ2v) is 6.60. The number of imide groups is 1. The molecule has 0 saturated heterocycles. The molecule has 6 heteroatoms. The fourth-order valence-corrected chi connectivity index (χ4v) is 3.18. The van der Waals surface area contributed by atoms with Gasteiger partial charge >= 0.3 is 0 Å². The quantitative estimate of drug-likeness (QED) is 0.601. The van der Waals surface area contributed by atoms with Gasteiger partial charge in [0, 0.05) is 17.7 Å². The van der Waals surface area contributed by atoms with Gasteiger partial charge in [0.15, 0.2) is 0 Å². The first-order valence-corrected chi connectivity index (χ1v) is 9.44. The third kappa shape index (κ3) is 3.66. The van der Waals surface area contributed by atoms with Gasteiger partial charge in [-0.05, 0) is 36.1 Å². The van der Waals surface area contributed by atoms with E-state index in [1.807, 2.05) is 60.9 Å². The van der Waals surface area contributed by atoms with Crippen molar-refractivity contribution in [2.24, 2.45) is 0 Å². The van der Waals surface area contributed by atoms with Gasteiger partial charge in [-0.1, -0.05) is 30.3 Å². The zero-order chi connectivity index (χ0) is 18.5. The Labute approximate surface area is 157 Å². The predicted molar refractivity (Wildman–Crippen MR) is 104 cm³/mol. The van der Waals surface area contributed by atoms with Crippen molar-refractivity contribution in [3.8, 4) is 0 Å². The molecule has 0 aromatic heterocycles. The maximum absolute atomic E-state index is 12.9. The summed E-state index contributed by atoms with van der Waals surface area (Å²) in [6.07, 6.45) is 2.01. The number of hydrogen-bond donors (Lipinski definition) is 1. The number of rotatable bonds is 7. The summed E-state index contributed by atoms with van der Waals surface area (Å²) in [6, 6.07) is 17.0. The molecule has 2 amide bonds. The Morgan fingerprint density at radius 2 is 1.69 bits per heavy atom. The first-order valence-electron chi connectivity index (χ1n) is 8.21. The Morgan fingerprint density at radius 3 is 2.31 bits per heavy atom. The molecule has 134 valence electrons. The zero-order valence-corrected chi connectivity index (χ0v) is 15.5. The van der Waals surface area contributed by atoms with E-state index in [9.17, 15) is 9.59 Å². The molecular weight excluding hydrogens is 348 g/mol. The van der Waals surface area contributed by atoms with Crippen LogP contribution in [0.25, 0.3) is 5.57 Å². The van der Waals surface area contributed by atoms with Gasteiger partial charge in [-0.3, -0.25) is 14.5 Å². The number of nitrogens with one attached hydrogen (secondary N) is 1. The monoisotopic (exact) mass is 368 g/mol. The Hall–Kier alpha value is -2.57. The van der Waals surface area contributed by atoms with E-state index >= 15 is 0 Å². The molecule has 0 spiro atoms. The molecule has 2 aromatic rings. The van der Waals surface area contributed by atoms with Gasteiger partial charge in [0.05, 0.1) is 18.7 Å². The number of nitrogens with zero attached hydrogens (tertiary/aromatic N) is 1. The van der Waals surface area contributed by atoms with Crippen molar-refractivity contribution < 1.29 is 14.3 Å². The number of thioether (sulfide) groups is 1. The van der Waals surface area contributed by atoms with Crippen LogP contribution in [-0.2, 0) is 14.3 Å². The second-order valence-electron chi connectivity index (χ2n) is 5.72. The highest BCUT2D eigenvalue weighted by molar-refractivity contribution is 7.98. The van der Waals surface area contributed by atoms with E-state index in [1.54, 1.807) is 18.9 Å². The molecular formula is C20H20N2O3S. The van der Waals surface area contributed by atoms with E-state index in [0.717, 1.165) is 10.6 Å². The maximum Gasteiger partial charge on any atom is 0.278 e. The summed E-state index contributed by atoms with van der Waals surface area (Å²) in [7, 11) is 1.54. The topological polar surface area (TPSA) is 58.6 Å². The molecule has 0 bridgehead atoms. The molecule has 0 saturated carbocycles. The summed E-state index contributed by atoms with van der Waals surface area (Å²) in [6.45, 7) is 0.524. The molecule has 0 fully saturated rings. The summed E-state index contributed by atoms with van der Waals surface area (Å²) in [5, 5.41) is 3.14. The van der Waals surface area contributed by atoms with E-state index in [-0.39, 0.29) is 18.4 Å². The van der Waals surface area contributed by atoms with Gasteiger partial charge in [0.2, 0.25) is 0 Å². The lowest BCUT2D eigenvalue weighted by Gasteiger charge is -2.14. The van der Waals surface area contributed by atoms with E-state index < -0.39 is 0 Å². The van der Waals surface area contributed by atoms with Crippen LogP contribution in [-0.4, -0.2) is 43.2 Å². The fraction of sp³-hybridized carbons (Fsp3) is 0.200. The molecule has 1 aliphatic heterocycles. The molecule has 5 nitrogen and oxygen atoms in total. The average molecular weight is 368 g/mol. The van der Waals surface area contributed by atoms with E-state index in [1.165, 1.54) is 4.90 Å². The molecule has 26 heavy (non-hydrogen) atoms. The van der Waals surface area contributed by atoms with Crippen molar-refractivity contribution in [1.29, 1.82) is 0 Å². The molecule has 0 atom stereocenters. The van der Waals surface area contributed by atoms with Crippen LogP contribution in [0.2, 0.25) is 0 Å². The fourth-order valence-electron chi connectivity index (χ4n) is 2.77. The van der Waals surface area contributed by atoms with Crippen LogP contribution in [0.5, 0.6) is 0 Å². The predicted octanol–water partition coefficient (Wildman–Crippen LogP) is 3.25. The van der Waals surface area contributed by atoms with Crippen molar-refractivity contribution in [2.75, 3.05) is 31.8 Å². The van der Waals surface area contributed by atoms with Crippen molar-refractivity contribution in [3.63, 3.8) is 0 Å². The van der Waals surface area contributed by atoms with Crippen LogP contribution in [0.15, 0.2) is 65.2 Å². The third-order valence-corrected chi connectivity index (χ3v) is 4.85. The molecule has 0 aliphatic carbocycles. The lowest BCUT2D eigenvalue weighted by Crippen LogP contribution is -2.35. The number of ether oxygens (including phenoxy) is 1. The number of benzene rings is 2. The van der Waals surface area contributed by atoms with Crippen molar-refractivity contribution in [2.45, 2.75) is 4.90 Å². The van der Waals surface area contributed by atoms with Crippen molar-refractivity contribution in [1.82, 2.24) is 4.90 Å². The lowest BCUT2D eigenvalue weighted by atomic mass is 10.0. The minimum absolute atomic E-state index is 0.223. The van der Waals surface area contributed by atoms with Gasteiger partial charge in [-0.25, -0.2) is 0 Å². The number of methoxy groups -OCH3 is 1. The minimum atomic E-state index is -0.333. The summed E-state index contributed by atoms with van der Waals surface area (Å²) in [5.41, 5.74) is 2.17. The van der Waals surface area contributed by atoms with Crippen LogP contribution in [0.3, 0.4) is 0 Å². The van der Waals surface area contributed by atoms with Crippen LogP contribution in [0, 0.1) is 0 Å². The van der Waals surface area contributed by atoms with Gasteiger partial charge in [0.25, 0.3) is 11.8 Å². The number of anilines is 1. The highest BCUT2D eigenvalue weighted by atomic mass is 32.2. The Balaban J connectivity index is 1.98. The van der Waals surface area contributed by atoms with Crippen LogP contribution in [0.1, 0.15) is 5.56 Å². The number of carbonyl (C=O) groups excluding carboxylic acids is 2. The van der Waals surface area contributed by atoms with Gasteiger partial charge in [-0.15, -0.1) is 11.8 Å². The maximum atomic E-state index is 12.9.